The number of benzene rings is 2. The molecule has 9 heteroatoms. The molecule has 0 atom stereocenters. The van der Waals surface area contributed by atoms with E-state index < -0.39 is 11.7 Å². The summed E-state index contributed by atoms with van der Waals surface area (Å²) in [5, 5.41) is 18.0. The summed E-state index contributed by atoms with van der Waals surface area (Å²) >= 11 is 0. The van der Waals surface area contributed by atoms with Gasteiger partial charge in [-0.2, -0.15) is 15.0 Å². The predicted octanol–water partition coefficient (Wildman–Crippen LogP) is 4.86. The number of carbonyl (C=O) groups excluding carboxylic acids is 1. The number of aromatic nitrogens is 4. The van der Waals surface area contributed by atoms with E-state index in [9.17, 15) is 14.4 Å². The molecule has 1 N–H and O–H groups in total. The minimum atomic E-state index is -0.528. The molecule has 0 saturated heterocycles. The Morgan fingerprint density at radius 3 is 2.71 bits per heavy atom. The van der Waals surface area contributed by atoms with Crippen LogP contribution in [-0.4, -0.2) is 32.8 Å². The summed E-state index contributed by atoms with van der Waals surface area (Å²) < 4.78 is 20.8. The van der Waals surface area contributed by atoms with Crippen LogP contribution in [0.25, 0.3) is 27.6 Å². The molecular formula is C26H19FN6O2. The number of nitrogens with zero attached hydrogens (tertiary/aromatic N) is 5. The smallest absolute Gasteiger partial charge is 0.257 e. The van der Waals surface area contributed by atoms with Crippen LogP contribution in [0.4, 0.5) is 10.2 Å². The first-order valence-electron chi connectivity index (χ1n) is 10.7. The Kier molecular flexibility index (Phi) is 5.34. The van der Waals surface area contributed by atoms with Gasteiger partial charge in [0, 0.05) is 16.5 Å². The lowest BCUT2D eigenvalue weighted by molar-refractivity contribution is 0.102. The zero-order valence-electron chi connectivity index (χ0n) is 19.1. The molecule has 0 aliphatic rings. The summed E-state index contributed by atoms with van der Waals surface area (Å²) in [7, 11) is 1.57. The summed E-state index contributed by atoms with van der Waals surface area (Å²) in [6, 6.07) is 15.1. The number of para-hydroxylation sites is 1. The molecule has 0 unspecified atom stereocenters. The number of hydrogen-bond donors (Lipinski definition) is 1. The summed E-state index contributed by atoms with van der Waals surface area (Å²) in [5.74, 6) is 0.131. The fraction of sp³-hybridized carbons (Fsp3) is 0.115. The van der Waals surface area contributed by atoms with Gasteiger partial charge < -0.3 is 10.1 Å². The quantitative estimate of drug-likeness (QED) is 0.406. The lowest BCUT2D eigenvalue weighted by Crippen LogP contribution is -2.17. The molecule has 0 bridgehead atoms. The first-order valence-corrected chi connectivity index (χ1v) is 10.7. The van der Waals surface area contributed by atoms with Crippen LogP contribution in [0.2, 0.25) is 0 Å². The molecule has 3 heterocycles. The molecule has 0 aliphatic carbocycles. The number of hydrogen-bond acceptors (Lipinski definition) is 6. The first-order chi connectivity index (χ1) is 16.9. The van der Waals surface area contributed by atoms with Crippen LogP contribution in [0.5, 0.6) is 5.75 Å². The van der Waals surface area contributed by atoms with Crippen molar-refractivity contribution in [3.8, 4) is 17.6 Å². The van der Waals surface area contributed by atoms with E-state index in [-0.39, 0.29) is 16.9 Å². The maximum absolute atomic E-state index is 14.0. The van der Waals surface area contributed by atoms with Gasteiger partial charge >= 0.3 is 0 Å². The van der Waals surface area contributed by atoms with Crippen LogP contribution in [-0.2, 0) is 0 Å². The van der Waals surface area contributed by atoms with Crippen molar-refractivity contribution in [1.29, 1.82) is 5.26 Å². The molecule has 0 spiro atoms. The fourth-order valence-electron chi connectivity index (χ4n) is 4.06. The third-order valence-corrected chi connectivity index (χ3v) is 5.70. The van der Waals surface area contributed by atoms with Gasteiger partial charge in [0.1, 0.15) is 28.7 Å². The van der Waals surface area contributed by atoms with Crippen LogP contribution in [0.3, 0.4) is 0 Å². The summed E-state index contributed by atoms with van der Waals surface area (Å²) in [4.78, 5) is 22.4. The Hall–Kier alpha value is -4.84. The second-order valence-electron chi connectivity index (χ2n) is 8.01. The number of nitrogens with one attached hydrogen (secondary N) is 1. The molecule has 1 amide bonds. The van der Waals surface area contributed by atoms with Crippen LogP contribution >= 0.6 is 0 Å². The topological polar surface area (TPSA) is 106 Å². The third kappa shape index (κ3) is 3.81. The van der Waals surface area contributed by atoms with Crippen molar-refractivity contribution in [2.75, 3.05) is 12.4 Å². The number of halogens is 1. The molecular weight excluding hydrogens is 447 g/mol. The molecule has 0 fully saturated rings. The molecule has 2 aromatic carbocycles. The minimum Gasteiger partial charge on any atom is -0.494 e. The Balaban J connectivity index is 1.64. The van der Waals surface area contributed by atoms with E-state index in [0.29, 0.717) is 33.7 Å². The van der Waals surface area contributed by atoms with Gasteiger partial charge in [0.2, 0.25) is 0 Å². The van der Waals surface area contributed by atoms with Gasteiger partial charge in [-0.3, -0.25) is 9.78 Å². The number of pyridine rings is 2. The average molecular weight is 466 g/mol. The van der Waals surface area contributed by atoms with E-state index in [0.717, 1.165) is 10.9 Å². The Morgan fingerprint density at radius 1 is 1.11 bits per heavy atom. The van der Waals surface area contributed by atoms with Crippen LogP contribution in [0, 0.1) is 31.0 Å². The number of nitriles is 1. The van der Waals surface area contributed by atoms with Crippen molar-refractivity contribution in [2.24, 2.45) is 0 Å². The number of rotatable bonds is 4. The molecule has 3 aromatic heterocycles. The van der Waals surface area contributed by atoms with Crippen molar-refractivity contribution >= 4 is 33.5 Å². The highest BCUT2D eigenvalue weighted by Gasteiger charge is 2.20. The SMILES string of the molecule is COc1cccc2c(C)cc(-n3ncc(C#N)c3NC(=O)c3cc(C)nc4ccc(F)cc34)nc12. The zero-order valence-corrected chi connectivity index (χ0v) is 19.1. The number of carbonyl (C=O) groups is 1. The molecule has 5 aromatic rings. The van der Waals surface area contributed by atoms with Crippen molar-refractivity contribution in [1.82, 2.24) is 19.7 Å². The summed E-state index contributed by atoms with van der Waals surface area (Å²) in [6.45, 7) is 3.68. The van der Waals surface area contributed by atoms with Crippen molar-refractivity contribution in [3.05, 3.63) is 82.9 Å². The average Bonchev–Trinajstić information content (AvgIpc) is 3.25. The van der Waals surface area contributed by atoms with Crippen molar-refractivity contribution in [3.63, 3.8) is 0 Å². The molecule has 0 saturated carbocycles. The van der Waals surface area contributed by atoms with Gasteiger partial charge in [0.05, 0.1) is 24.4 Å². The number of fused-ring (bicyclic) bond motifs is 2. The Bertz CT molecular complexity index is 1690. The number of ether oxygens (including phenoxy) is 1. The van der Waals surface area contributed by atoms with Crippen LogP contribution in [0.1, 0.15) is 27.2 Å². The van der Waals surface area contributed by atoms with Crippen LogP contribution < -0.4 is 10.1 Å². The third-order valence-electron chi connectivity index (χ3n) is 5.70. The lowest BCUT2D eigenvalue weighted by Gasteiger charge is -2.13. The normalized spacial score (nSPS) is 10.9. The number of methoxy groups -OCH3 is 1. The Morgan fingerprint density at radius 2 is 1.94 bits per heavy atom. The lowest BCUT2D eigenvalue weighted by atomic mass is 10.1. The largest absolute Gasteiger partial charge is 0.494 e. The van der Waals surface area contributed by atoms with E-state index in [1.165, 1.54) is 29.1 Å². The van der Waals surface area contributed by atoms with Gasteiger partial charge in [-0.05, 0) is 55.8 Å². The molecule has 0 radical (unpaired) electrons. The Labute approximate surface area is 199 Å². The van der Waals surface area contributed by atoms with Gasteiger partial charge in [0.25, 0.3) is 5.91 Å². The van der Waals surface area contributed by atoms with E-state index >= 15 is 0 Å². The van der Waals surface area contributed by atoms with Crippen molar-refractivity contribution < 1.29 is 13.9 Å². The van der Waals surface area contributed by atoms with Gasteiger partial charge in [-0.1, -0.05) is 12.1 Å². The van der Waals surface area contributed by atoms with Crippen LogP contribution in [0.15, 0.2) is 54.7 Å². The molecule has 172 valence electrons. The van der Waals surface area contributed by atoms with Crippen molar-refractivity contribution in [2.45, 2.75) is 13.8 Å². The second-order valence-corrected chi connectivity index (χ2v) is 8.01. The summed E-state index contributed by atoms with van der Waals surface area (Å²) in [5.41, 5.74) is 3.02. The predicted molar refractivity (Wildman–Crippen MR) is 129 cm³/mol. The maximum Gasteiger partial charge on any atom is 0.257 e. The van der Waals surface area contributed by atoms with Gasteiger partial charge in [-0.25, -0.2) is 9.37 Å². The summed E-state index contributed by atoms with van der Waals surface area (Å²) in [6.07, 6.45) is 1.36. The van der Waals surface area contributed by atoms with Gasteiger partial charge in [0.15, 0.2) is 11.6 Å². The monoisotopic (exact) mass is 466 g/mol. The zero-order chi connectivity index (χ0) is 24.7. The molecule has 5 rings (SSSR count). The highest BCUT2D eigenvalue weighted by Crippen LogP contribution is 2.29. The fourth-order valence-corrected chi connectivity index (χ4v) is 4.06. The minimum absolute atomic E-state index is 0.151. The first kappa shape index (κ1) is 22.0. The second kappa shape index (κ2) is 8.50. The number of aryl methyl sites for hydroxylation is 2. The molecule has 8 nitrogen and oxygen atoms in total. The number of anilines is 1. The maximum atomic E-state index is 14.0. The van der Waals surface area contributed by atoms with Gasteiger partial charge in [-0.15, -0.1) is 0 Å². The standard InChI is InChI=1S/C26H19FN6O2/c1-14-9-23(31-24-18(14)5-4-6-22(24)35-3)33-25(16(12-28)13-29-33)32-26(34)20-10-15(2)30-21-8-7-17(27)11-19(20)21/h4-11,13H,1-3H3,(H,32,34). The molecule has 0 aliphatic heterocycles. The number of amides is 1. The van der Waals surface area contributed by atoms with E-state index in [2.05, 4.69) is 21.5 Å². The van der Waals surface area contributed by atoms with E-state index in [4.69, 9.17) is 9.72 Å². The highest BCUT2D eigenvalue weighted by atomic mass is 19.1. The highest BCUT2D eigenvalue weighted by molar-refractivity contribution is 6.12. The molecule has 35 heavy (non-hydrogen) atoms. The van der Waals surface area contributed by atoms with E-state index in [1.807, 2.05) is 25.1 Å². The van der Waals surface area contributed by atoms with E-state index in [1.54, 1.807) is 26.2 Å².